The van der Waals surface area contributed by atoms with E-state index >= 15 is 0 Å². The Bertz CT molecular complexity index is 1270. The van der Waals surface area contributed by atoms with Gasteiger partial charge in [0, 0.05) is 10.9 Å². The average Bonchev–Trinajstić information content (AvgIpc) is 2.78. The van der Waals surface area contributed by atoms with Crippen molar-refractivity contribution in [2.24, 2.45) is 5.10 Å². The van der Waals surface area contributed by atoms with Crippen LogP contribution in [0.15, 0.2) is 84.0 Å². The number of fused-ring (bicyclic) bond motifs is 1. The summed E-state index contributed by atoms with van der Waals surface area (Å²) in [6.45, 7) is 1.79. The van der Waals surface area contributed by atoms with Crippen LogP contribution in [0.2, 0.25) is 10.0 Å². The summed E-state index contributed by atoms with van der Waals surface area (Å²) in [7, 11) is 0. The lowest BCUT2D eigenvalue weighted by molar-refractivity contribution is 0.0956. The molecule has 0 aliphatic rings. The average molecular weight is 434 g/mol. The van der Waals surface area contributed by atoms with Crippen LogP contribution in [0.1, 0.15) is 22.8 Å². The number of carbonyl (C=O) groups excluding carboxylic acids is 1. The number of nitrogens with zero attached hydrogens (tertiary/aromatic N) is 2. The SMILES string of the molecule is C/C(=N/NC(=O)c1cc(-c2ccccc2)nc2ccccc12)c1ccc(Cl)c(Cl)c1. The zero-order chi connectivity index (χ0) is 21.1. The second-order valence-electron chi connectivity index (χ2n) is 6.71. The van der Waals surface area contributed by atoms with E-state index in [1.165, 1.54) is 0 Å². The summed E-state index contributed by atoms with van der Waals surface area (Å²) in [5, 5.41) is 5.91. The number of hydrazone groups is 1. The maximum Gasteiger partial charge on any atom is 0.272 e. The summed E-state index contributed by atoms with van der Waals surface area (Å²) in [5.74, 6) is -0.315. The van der Waals surface area contributed by atoms with E-state index in [0.29, 0.717) is 21.3 Å². The number of hydrogen-bond donors (Lipinski definition) is 1. The molecule has 0 atom stereocenters. The van der Waals surface area contributed by atoms with Gasteiger partial charge in [0.1, 0.15) is 0 Å². The van der Waals surface area contributed by atoms with Crippen LogP contribution in [0.25, 0.3) is 22.2 Å². The highest BCUT2D eigenvalue weighted by Gasteiger charge is 2.14. The molecule has 4 aromatic rings. The van der Waals surface area contributed by atoms with Gasteiger partial charge in [0.25, 0.3) is 5.91 Å². The molecular formula is C24H17Cl2N3O. The molecule has 4 nitrogen and oxygen atoms in total. The molecule has 1 aromatic heterocycles. The Kier molecular flexibility index (Phi) is 5.79. The highest BCUT2D eigenvalue weighted by molar-refractivity contribution is 6.42. The first-order valence-electron chi connectivity index (χ1n) is 9.28. The molecule has 0 aliphatic heterocycles. The van der Waals surface area contributed by atoms with Crippen molar-refractivity contribution in [2.45, 2.75) is 6.92 Å². The first-order chi connectivity index (χ1) is 14.5. The molecule has 0 fully saturated rings. The fraction of sp³-hybridized carbons (Fsp3) is 0.0417. The monoisotopic (exact) mass is 433 g/mol. The number of halogens is 2. The third-order valence-corrected chi connectivity index (χ3v) is 5.43. The Morgan fingerprint density at radius 1 is 0.900 bits per heavy atom. The topological polar surface area (TPSA) is 54.4 Å². The van der Waals surface area contributed by atoms with E-state index in [1.807, 2.05) is 54.6 Å². The van der Waals surface area contributed by atoms with E-state index in [0.717, 1.165) is 27.7 Å². The number of aromatic nitrogens is 1. The van der Waals surface area contributed by atoms with E-state index in [-0.39, 0.29) is 5.91 Å². The molecule has 0 radical (unpaired) electrons. The van der Waals surface area contributed by atoms with Crippen molar-refractivity contribution in [1.29, 1.82) is 0 Å². The van der Waals surface area contributed by atoms with Crippen LogP contribution in [0.5, 0.6) is 0 Å². The predicted octanol–water partition coefficient (Wildman–Crippen LogP) is 6.36. The smallest absolute Gasteiger partial charge is 0.267 e. The third kappa shape index (κ3) is 4.20. The van der Waals surface area contributed by atoms with Crippen molar-refractivity contribution in [2.75, 3.05) is 0 Å². The van der Waals surface area contributed by atoms with Crippen molar-refractivity contribution >= 4 is 45.7 Å². The van der Waals surface area contributed by atoms with Crippen LogP contribution in [-0.4, -0.2) is 16.6 Å². The number of para-hydroxylation sites is 1. The minimum atomic E-state index is -0.315. The van der Waals surface area contributed by atoms with E-state index in [4.69, 9.17) is 28.2 Å². The molecule has 0 saturated carbocycles. The number of carbonyl (C=O) groups is 1. The quantitative estimate of drug-likeness (QED) is 0.300. The summed E-state index contributed by atoms with van der Waals surface area (Å²) >= 11 is 12.0. The number of amides is 1. The standard InChI is InChI=1S/C24H17Cl2N3O/c1-15(17-11-12-20(25)21(26)13-17)28-29-24(30)19-14-23(16-7-3-2-4-8-16)27-22-10-6-5-9-18(19)22/h2-14H,1H3,(H,29,30)/b28-15-. The Morgan fingerprint density at radius 2 is 1.63 bits per heavy atom. The van der Waals surface area contributed by atoms with Crippen molar-refractivity contribution in [3.63, 3.8) is 0 Å². The van der Waals surface area contributed by atoms with E-state index in [9.17, 15) is 4.79 Å². The minimum absolute atomic E-state index is 0.315. The van der Waals surface area contributed by atoms with Crippen molar-refractivity contribution in [3.8, 4) is 11.3 Å². The molecule has 30 heavy (non-hydrogen) atoms. The van der Waals surface area contributed by atoms with E-state index in [2.05, 4.69) is 10.5 Å². The minimum Gasteiger partial charge on any atom is -0.267 e. The van der Waals surface area contributed by atoms with Crippen molar-refractivity contribution < 1.29 is 4.79 Å². The zero-order valence-corrected chi connectivity index (χ0v) is 17.6. The number of rotatable bonds is 4. The van der Waals surface area contributed by atoms with Crippen LogP contribution in [0, 0.1) is 0 Å². The predicted molar refractivity (Wildman–Crippen MR) is 123 cm³/mol. The van der Waals surface area contributed by atoms with Gasteiger partial charge in [-0.15, -0.1) is 0 Å². The van der Waals surface area contributed by atoms with Crippen LogP contribution < -0.4 is 5.43 Å². The van der Waals surface area contributed by atoms with Gasteiger partial charge in [-0.25, -0.2) is 10.4 Å². The molecule has 4 rings (SSSR count). The van der Waals surface area contributed by atoms with Gasteiger partial charge < -0.3 is 0 Å². The van der Waals surface area contributed by atoms with Crippen LogP contribution >= 0.6 is 23.2 Å². The fourth-order valence-electron chi connectivity index (χ4n) is 3.10. The number of hydrogen-bond acceptors (Lipinski definition) is 3. The largest absolute Gasteiger partial charge is 0.272 e. The Balaban J connectivity index is 1.69. The van der Waals surface area contributed by atoms with E-state index in [1.54, 1.807) is 31.2 Å². The molecule has 0 aliphatic carbocycles. The third-order valence-electron chi connectivity index (χ3n) is 4.69. The highest BCUT2D eigenvalue weighted by atomic mass is 35.5. The fourth-order valence-corrected chi connectivity index (χ4v) is 3.40. The van der Waals surface area contributed by atoms with Gasteiger partial charge in [0.15, 0.2) is 0 Å². The molecule has 1 N–H and O–H groups in total. The van der Waals surface area contributed by atoms with Crippen LogP contribution in [0.3, 0.4) is 0 Å². The van der Waals surface area contributed by atoms with Gasteiger partial charge in [-0.2, -0.15) is 5.10 Å². The molecule has 0 bridgehead atoms. The molecule has 3 aromatic carbocycles. The lowest BCUT2D eigenvalue weighted by Crippen LogP contribution is -2.20. The molecule has 1 amide bonds. The number of nitrogens with one attached hydrogen (secondary N) is 1. The van der Waals surface area contributed by atoms with Crippen LogP contribution in [-0.2, 0) is 0 Å². The number of benzene rings is 3. The van der Waals surface area contributed by atoms with Gasteiger partial charge in [0.05, 0.1) is 32.5 Å². The molecule has 0 spiro atoms. The normalized spacial score (nSPS) is 11.5. The van der Waals surface area contributed by atoms with Crippen LogP contribution in [0.4, 0.5) is 0 Å². The maximum atomic E-state index is 13.0. The number of pyridine rings is 1. The van der Waals surface area contributed by atoms with Crippen molar-refractivity contribution in [3.05, 3.63) is 100 Å². The van der Waals surface area contributed by atoms with E-state index < -0.39 is 0 Å². The second-order valence-corrected chi connectivity index (χ2v) is 7.52. The molecule has 148 valence electrons. The van der Waals surface area contributed by atoms with Gasteiger partial charge in [-0.1, -0.05) is 77.8 Å². The van der Waals surface area contributed by atoms with Gasteiger partial charge >= 0.3 is 0 Å². The second kappa shape index (κ2) is 8.66. The lowest BCUT2D eigenvalue weighted by atomic mass is 10.0. The Morgan fingerprint density at radius 3 is 2.40 bits per heavy atom. The zero-order valence-electron chi connectivity index (χ0n) is 16.1. The first kappa shape index (κ1) is 20.1. The first-order valence-corrected chi connectivity index (χ1v) is 10.0. The molecule has 6 heteroatoms. The molecule has 0 unspecified atom stereocenters. The summed E-state index contributed by atoms with van der Waals surface area (Å²) in [4.78, 5) is 17.7. The van der Waals surface area contributed by atoms with Crippen molar-refractivity contribution in [1.82, 2.24) is 10.4 Å². The summed E-state index contributed by atoms with van der Waals surface area (Å²) in [5.41, 5.74) is 6.95. The molecule has 1 heterocycles. The maximum absolute atomic E-state index is 13.0. The summed E-state index contributed by atoms with van der Waals surface area (Å²) < 4.78 is 0. The van der Waals surface area contributed by atoms with Gasteiger partial charge in [0.2, 0.25) is 0 Å². The Hall–Kier alpha value is -3.21. The lowest BCUT2D eigenvalue weighted by Gasteiger charge is -2.09. The van der Waals surface area contributed by atoms with Gasteiger partial charge in [-0.3, -0.25) is 4.79 Å². The highest BCUT2D eigenvalue weighted by Crippen LogP contribution is 2.25. The molecular weight excluding hydrogens is 417 g/mol. The molecule has 0 saturated heterocycles. The Labute approximate surface area is 184 Å². The summed E-state index contributed by atoms with van der Waals surface area (Å²) in [6.07, 6.45) is 0. The summed E-state index contributed by atoms with van der Waals surface area (Å²) in [6, 6.07) is 24.3. The van der Waals surface area contributed by atoms with Gasteiger partial charge in [-0.05, 0) is 36.8 Å².